The number of halogens is 1. The molecule has 0 saturated heterocycles. The molecule has 0 aromatic heterocycles. The molecule has 0 heterocycles. The Morgan fingerprint density at radius 1 is 1.14 bits per heavy atom. The van der Waals surface area contributed by atoms with Crippen LogP contribution in [0.1, 0.15) is 17.2 Å². The lowest BCUT2D eigenvalue weighted by molar-refractivity contribution is 0.185. The third-order valence-corrected chi connectivity index (χ3v) is 3.36. The summed E-state index contributed by atoms with van der Waals surface area (Å²) in [5.41, 5.74) is 7.13. The number of methoxy groups -OCH3 is 1. The predicted molar refractivity (Wildman–Crippen MR) is 82.6 cm³/mol. The average Bonchev–Trinajstić information content (AvgIpc) is 2.55. The zero-order chi connectivity index (χ0) is 15.9. The van der Waals surface area contributed by atoms with Gasteiger partial charge in [-0.25, -0.2) is 4.39 Å². The fourth-order valence-electron chi connectivity index (χ4n) is 2.08. The molecule has 1 atom stereocenters. The van der Waals surface area contributed by atoms with Crippen molar-refractivity contribution in [3.8, 4) is 11.5 Å². The van der Waals surface area contributed by atoms with Gasteiger partial charge in [-0.3, -0.25) is 0 Å². The molecule has 0 aliphatic heterocycles. The smallest absolute Gasteiger partial charge is 0.161 e. The van der Waals surface area contributed by atoms with Crippen LogP contribution in [0.5, 0.6) is 11.5 Å². The first-order valence-corrected chi connectivity index (χ1v) is 7.07. The first kappa shape index (κ1) is 16.3. The van der Waals surface area contributed by atoms with E-state index in [0.29, 0.717) is 30.1 Å². The van der Waals surface area contributed by atoms with E-state index in [1.54, 1.807) is 37.4 Å². The highest BCUT2D eigenvalue weighted by atomic mass is 19.1. The lowest BCUT2D eigenvalue weighted by atomic mass is 10.1. The van der Waals surface area contributed by atoms with Crippen LogP contribution < -0.4 is 15.2 Å². The molecule has 118 valence electrons. The van der Waals surface area contributed by atoms with E-state index in [9.17, 15) is 9.50 Å². The van der Waals surface area contributed by atoms with Crippen molar-refractivity contribution in [2.45, 2.75) is 12.5 Å². The predicted octanol–water partition coefficient (Wildman–Crippen LogP) is 2.45. The molecule has 0 amide bonds. The van der Waals surface area contributed by atoms with E-state index in [0.717, 1.165) is 5.56 Å². The van der Waals surface area contributed by atoms with E-state index in [1.165, 1.54) is 12.1 Å². The first-order chi connectivity index (χ1) is 10.6. The molecule has 0 spiro atoms. The zero-order valence-corrected chi connectivity index (χ0v) is 12.5. The van der Waals surface area contributed by atoms with Crippen molar-refractivity contribution >= 4 is 0 Å². The van der Waals surface area contributed by atoms with Crippen molar-refractivity contribution < 1.29 is 19.0 Å². The quantitative estimate of drug-likeness (QED) is 0.824. The van der Waals surface area contributed by atoms with E-state index in [2.05, 4.69) is 0 Å². The molecule has 22 heavy (non-hydrogen) atoms. The summed E-state index contributed by atoms with van der Waals surface area (Å²) in [7, 11) is 1.56. The van der Waals surface area contributed by atoms with Gasteiger partial charge in [0.05, 0.1) is 19.8 Å². The minimum atomic E-state index is -0.731. The summed E-state index contributed by atoms with van der Waals surface area (Å²) in [6.45, 7) is 0.561. The van der Waals surface area contributed by atoms with Gasteiger partial charge in [0.25, 0.3) is 0 Å². The van der Waals surface area contributed by atoms with E-state index in [4.69, 9.17) is 15.2 Å². The largest absolute Gasteiger partial charge is 0.493 e. The van der Waals surface area contributed by atoms with E-state index in [-0.39, 0.29) is 12.4 Å². The number of hydrogen-bond acceptors (Lipinski definition) is 4. The van der Waals surface area contributed by atoms with Gasteiger partial charge in [0.2, 0.25) is 0 Å². The first-order valence-electron chi connectivity index (χ1n) is 7.07. The Bertz CT molecular complexity index is 601. The normalized spacial score (nSPS) is 12.0. The standard InChI is InChI=1S/C17H20FNO3/c1-21-16-7-4-13(15(20)11-19)10-17(16)22-9-8-12-2-5-14(18)6-3-12/h2-7,10,15,20H,8-9,11,19H2,1H3. The lowest BCUT2D eigenvalue weighted by Gasteiger charge is -2.14. The topological polar surface area (TPSA) is 64.7 Å². The van der Waals surface area contributed by atoms with E-state index in [1.807, 2.05) is 0 Å². The fourth-order valence-corrected chi connectivity index (χ4v) is 2.08. The summed E-state index contributed by atoms with van der Waals surface area (Å²) in [5.74, 6) is 0.886. The van der Waals surface area contributed by atoms with Crippen molar-refractivity contribution in [2.24, 2.45) is 5.73 Å². The average molecular weight is 305 g/mol. The highest BCUT2D eigenvalue weighted by molar-refractivity contribution is 5.43. The summed E-state index contributed by atoms with van der Waals surface area (Å²) in [6, 6.07) is 11.5. The van der Waals surface area contributed by atoms with Crippen molar-refractivity contribution in [3.05, 3.63) is 59.4 Å². The van der Waals surface area contributed by atoms with Crippen LogP contribution in [0.15, 0.2) is 42.5 Å². The molecule has 2 aromatic rings. The van der Waals surface area contributed by atoms with Crippen LogP contribution in [-0.4, -0.2) is 25.4 Å². The van der Waals surface area contributed by atoms with Gasteiger partial charge in [0.15, 0.2) is 11.5 Å². The van der Waals surface area contributed by atoms with Gasteiger partial charge < -0.3 is 20.3 Å². The van der Waals surface area contributed by atoms with Gasteiger partial charge >= 0.3 is 0 Å². The van der Waals surface area contributed by atoms with Crippen LogP contribution in [-0.2, 0) is 6.42 Å². The van der Waals surface area contributed by atoms with E-state index >= 15 is 0 Å². The van der Waals surface area contributed by atoms with Crippen LogP contribution in [0.2, 0.25) is 0 Å². The SMILES string of the molecule is COc1ccc(C(O)CN)cc1OCCc1ccc(F)cc1. The summed E-state index contributed by atoms with van der Waals surface area (Å²) in [4.78, 5) is 0. The maximum Gasteiger partial charge on any atom is 0.161 e. The molecule has 1 unspecified atom stereocenters. The third-order valence-electron chi connectivity index (χ3n) is 3.36. The Kier molecular flexibility index (Phi) is 5.75. The number of hydrogen-bond donors (Lipinski definition) is 2. The summed E-state index contributed by atoms with van der Waals surface area (Å²) in [6.07, 6.45) is -0.0852. The monoisotopic (exact) mass is 305 g/mol. The van der Waals surface area contributed by atoms with Crippen molar-refractivity contribution in [2.75, 3.05) is 20.3 Å². The third kappa shape index (κ3) is 4.19. The van der Waals surface area contributed by atoms with Crippen LogP contribution in [0.4, 0.5) is 4.39 Å². The maximum atomic E-state index is 12.8. The fraction of sp³-hybridized carbons (Fsp3) is 0.294. The summed E-state index contributed by atoms with van der Waals surface area (Å²) < 4.78 is 23.8. The Labute approximate surface area is 129 Å². The molecular formula is C17H20FNO3. The minimum absolute atomic E-state index is 0.140. The molecule has 5 heteroatoms. The molecule has 0 saturated carbocycles. The summed E-state index contributed by atoms with van der Waals surface area (Å²) in [5, 5.41) is 9.79. The number of aliphatic hydroxyl groups excluding tert-OH is 1. The number of ether oxygens (including phenoxy) is 2. The van der Waals surface area contributed by atoms with Gasteiger partial charge in [-0.15, -0.1) is 0 Å². The second kappa shape index (κ2) is 7.77. The molecule has 2 rings (SSSR count). The summed E-state index contributed by atoms with van der Waals surface area (Å²) >= 11 is 0. The number of rotatable bonds is 7. The molecule has 0 aliphatic rings. The van der Waals surface area contributed by atoms with Crippen LogP contribution >= 0.6 is 0 Å². The lowest BCUT2D eigenvalue weighted by Crippen LogP contribution is -2.12. The Morgan fingerprint density at radius 2 is 1.86 bits per heavy atom. The molecular weight excluding hydrogens is 285 g/mol. The zero-order valence-electron chi connectivity index (χ0n) is 12.5. The second-order valence-electron chi connectivity index (χ2n) is 4.89. The molecule has 0 radical (unpaired) electrons. The Morgan fingerprint density at radius 3 is 2.50 bits per heavy atom. The van der Waals surface area contributed by atoms with E-state index < -0.39 is 6.10 Å². The van der Waals surface area contributed by atoms with Crippen LogP contribution in [0.25, 0.3) is 0 Å². The molecule has 3 N–H and O–H groups in total. The minimum Gasteiger partial charge on any atom is -0.493 e. The maximum absolute atomic E-state index is 12.8. The number of benzene rings is 2. The Hall–Kier alpha value is -2.11. The highest BCUT2D eigenvalue weighted by Crippen LogP contribution is 2.30. The molecule has 0 bridgehead atoms. The van der Waals surface area contributed by atoms with Crippen molar-refractivity contribution in [1.82, 2.24) is 0 Å². The van der Waals surface area contributed by atoms with Gasteiger partial charge in [-0.1, -0.05) is 18.2 Å². The molecule has 0 fully saturated rings. The molecule has 2 aromatic carbocycles. The number of nitrogens with two attached hydrogens (primary N) is 1. The van der Waals surface area contributed by atoms with Crippen LogP contribution in [0.3, 0.4) is 0 Å². The number of aliphatic hydroxyl groups is 1. The van der Waals surface area contributed by atoms with Crippen molar-refractivity contribution in [1.29, 1.82) is 0 Å². The Balaban J connectivity index is 2.02. The van der Waals surface area contributed by atoms with Gasteiger partial charge in [0, 0.05) is 13.0 Å². The molecule has 4 nitrogen and oxygen atoms in total. The van der Waals surface area contributed by atoms with Crippen LogP contribution in [0, 0.1) is 5.82 Å². The van der Waals surface area contributed by atoms with Gasteiger partial charge in [-0.05, 0) is 35.4 Å². The second-order valence-corrected chi connectivity index (χ2v) is 4.89. The van der Waals surface area contributed by atoms with Crippen molar-refractivity contribution in [3.63, 3.8) is 0 Å². The van der Waals surface area contributed by atoms with Gasteiger partial charge in [0.1, 0.15) is 5.82 Å². The highest BCUT2D eigenvalue weighted by Gasteiger charge is 2.11. The molecule has 0 aliphatic carbocycles. The van der Waals surface area contributed by atoms with Gasteiger partial charge in [-0.2, -0.15) is 0 Å².